The highest BCUT2D eigenvalue weighted by molar-refractivity contribution is 7.92. The lowest BCUT2D eigenvalue weighted by atomic mass is 9.97. The predicted molar refractivity (Wildman–Crippen MR) is 104 cm³/mol. The van der Waals surface area contributed by atoms with Gasteiger partial charge >= 0.3 is 6.09 Å². The van der Waals surface area contributed by atoms with Crippen LogP contribution in [0.5, 0.6) is 5.75 Å². The molecule has 2 rings (SSSR count). The standard InChI is InChI=1S/C19H28N2O5S/c1-19(2,3)26-18(22)21-13-16(14-21)6-5-11-27(23,24)20-12-15-7-9-17(25-4)10-8-15/h5,7-11,16,20H,6,12-14H2,1-4H3/b11-5+. The van der Waals surface area contributed by atoms with Gasteiger partial charge in [0.15, 0.2) is 0 Å². The summed E-state index contributed by atoms with van der Waals surface area (Å²) in [6.45, 7) is 6.86. The zero-order valence-electron chi connectivity index (χ0n) is 16.3. The number of hydrogen-bond donors (Lipinski definition) is 1. The van der Waals surface area contributed by atoms with Crippen LogP contribution in [0.3, 0.4) is 0 Å². The first-order valence-electron chi connectivity index (χ1n) is 8.85. The summed E-state index contributed by atoms with van der Waals surface area (Å²) in [4.78, 5) is 13.5. The molecule has 1 fully saturated rings. The van der Waals surface area contributed by atoms with Crippen LogP contribution in [0.1, 0.15) is 32.8 Å². The molecule has 1 amide bonds. The van der Waals surface area contributed by atoms with Gasteiger partial charge in [-0.1, -0.05) is 18.2 Å². The van der Waals surface area contributed by atoms with Crippen LogP contribution in [0.4, 0.5) is 4.79 Å². The third-order valence-corrected chi connectivity index (χ3v) is 5.09. The monoisotopic (exact) mass is 396 g/mol. The third-order valence-electron chi connectivity index (χ3n) is 3.99. The minimum Gasteiger partial charge on any atom is -0.497 e. The number of sulfonamides is 1. The summed E-state index contributed by atoms with van der Waals surface area (Å²) in [6.07, 6.45) is 1.91. The smallest absolute Gasteiger partial charge is 0.410 e. The van der Waals surface area contributed by atoms with E-state index in [1.165, 1.54) is 5.41 Å². The molecule has 1 aromatic rings. The Hall–Kier alpha value is -2.06. The van der Waals surface area contributed by atoms with Crippen molar-refractivity contribution >= 4 is 16.1 Å². The van der Waals surface area contributed by atoms with E-state index in [4.69, 9.17) is 9.47 Å². The van der Waals surface area contributed by atoms with Gasteiger partial charge in [0.1, 0.15) is 11.4 Å². The first kappa shape index (κ1) is 21.2. The summed E-state index contributed by atoms with van der Waals surface area (Å²) < 4.78 is 37.0. The lowest BCUT2D eigenvalue weighted by molar-refractivity contribution is -0.000515. The Morgan fingerprint density at radius 2 is 1.89 bits per heavy atom. The average Bonchev–Trinajstić information content (AvgIpc) is 2.53. The van der Waals surface area contributed by atoms with Crippen LogP contribution in [0.15, 0.2) is 35.7 Å². The van der Waals surface area contributed by atoms with E-state index in [9.17, 15) is 13.2 Å². The van der Waals surface area contributed by atoms with Crippen LogP contribution < -0.4 is 9.46 Å². The molecule has 1 aliphatic rings. The molecule has 0 bridgehead atoms. The number of likely N-dealkylation sites (tertiary alicyclic amines) is 1. The van der Waals surface area contributed by atoms with Crippen molar-refractivity contribution in [1.29, 1.82) is 0 Å². The van der Waals surface area contributed by atoms with E-state index >= 15 is 0 Å². The van der Waals surface area contributed by atoms with Gasteiger partial charge in [-0.15, -0.1) is 0 Å². The van der Waals surface area contributed by atoms with Crippen molar-refractivity contribution in [2.24, 2.45) is 5.92 Å². The number of methoxy groups -OCH3 is 1. The quantitative estimate of drug-likeness (QED) is 0.766. The summed E-state index contributed by atoms with van der Waals surface area (Å²) in [5.74, 6) is 0.980. The number of ether oxygens (including phenoxy) is 2. The molecule has 1 heterocycles. The highest BCUT2D eigenvalue weighted by atomic mass is 32.2. The van der Waals surface area contributed by atoms with Crippen LogP contribution in [0.2, 0.25) is 0 Å². The van der Waals surface area contributed by atoms with Gasteiger partial charge < -0.3 is 14.4 Å². The zero-order chi connectivity index (χ0) is 20.1. The average molecular weight is 397 g/mol. The zero-order valence-corrected chi connectivity index (χ0v) is 17.1. The number of hydrogen-bond acceptors (Lipinski definition) is 5. The second-order valence-electron chi connectivity index (χ2n) is 7.57. The van der Waals surface area contributed by atoms with Gasteiger partial charge in [-0.25, -0.2) is 17.9 Å². The maximum Gasteiger partial charge on any atom is 0.410 e. The lowest BCUT2D eigenvalue weighted by Gasteiger charge is -2.39. The lowest BCUT2D eigenvalue weighted by Crippen LogP contribution is -2.51. The predicted octanol–water partition coefficient (Wildman–Crippen LogP) is 2.89. The van der Waals surface area contributed by atoms with E-state index in [0.717, 1.165) is 11.3 Å². The Bertz CT molecular complexity index is 760. The van der Waals surface area contributed by atoms with Crippen molar-refractivity contribution in [2.45, 2.75) is 39.3 Å². The molecule has 1 aliphatic heterocycles. The maximum atomic E-state index is 12.0. The molecular weight excluding hydrogens is 368 g/mol. The number of nitrogens with one attached hydrogen (secondary N) is 1. The largest absolute Gasteiger partial charge is 0.497 e. The van der Waals surface area contributed by atoms with Gasteiger partial charge in [0.2, 0.25) is 10.0 Å². The molecular formula is C19H28N2O5S. The van der Waals surface area contributed by atoms with Crippen LogP contribution in [-0.2, 0) is 21.3 Å². The Morgan fingerprint density at radius 1 is 1.26 bits per heavy atom. The Morgan fingerprint density at radius 3 is 2.44 bits per heavy atom. The van der Waals surface area contributed by atoms with Crippen molar-refractivity contribution < 1.29 is 22.7 Å². The summed E-state index contributed by atoms with van der Waals surface area (Å²) >= 11 is 0. The first-order chi connectivity index (χ1) is 12.6. The summed E-state index contributed by atoms with van der Waals surface area (Å²) in [5.41, 5.74) is 0.339. The highest BCUT2D eigenvalue weighted by Crippen LogP contribution is 2.22. The molecule has 27 heavy (non-hydrogen) atoms. The van der Waals surface area contributed by atoms with Crippen molar-refractivity contribution in [2.75, 3.05) is 20.2 Å². The van der Waals surface area contributed by atoms with Crippen molar-refractivity contribution in [3.05, 3.63) is 41.3 Å². The SMILES string of the molecule is COc1ccc(CNS(=O)(=O)/C=C/CC2CN(C(=O)OC(C)(C)C)C2)cc1. The molecule has 0 atom stereocenters. The van der Waals surface area contributed by atoms with Crippen LogP contribution in [0, 0.1) is 5.92 Å². The fourth-order valence-electron chi connectivity index (χ4n) is 2.54. The Kier molecular flexibility index (Phi) is 6.89. The van der Waals surface area contributed by atoms with Crippen molar-refractivity contribution in [1.82, 2.24) is 9.62 Å². The number of carbonyl (C=O) groups excluding carboxylic acids is 1. The molecule has 0 spiro atoms. The first-order valence-corrected chi connectivity index (χ1v) is 10.4. The topological polar surface area (TPSA) is 84.9 Å². The van der Waals surface area contributed by atoms with Crippen LogP contribution >= 0.6 is 0 Å². The van der Waals surface area contributed by atoms with E-state index in [1.807, 2.05) is 32.9 Å². The minimum atomic E-state index is -3.50. The van der Waals surface area contributed by atoms with Crippen molar-refractivity contribution in [3.63, 3.8) is 0 Å². The molecule has 7 nitrogen and oxygen atoms in total. The Labute approximate surface area is 161 Å². The van der Waals surface area contributed by atoms with Gasteiger partial charge in [-0.2, -0.15) is 0 Å². The molecule has 0 unspecified atom stereocenters. The molecule has 8 heteroatoms. The van der Waals surface area contributed by atoms with Gasteiger partial charge in [0, 0.05) is 25.0 Å². The van der Waals surface area contributed by atoms with E-state index in [2.05, 4.69) is 4.72 Å². The van der Waals surface area contributed by atoms with Gasteiger partial charge in [0.25, 0.3) is 0 Å². The van der Waals surface area contributed by atoms with E-state index < -0.39 is 15.6 Å². The number of amides is 1. The third kappa shape index (κ3) is 7.22. The maximum absolute atomic E-state index is 12.0. The molecule has 150 valence electrons. The molecule has 0 radical (unpaired) electrons. The Balaban J connectivity index is 1.71. The molecule has 0 saturated carbocycles. The molecule has 1 aromatic carbocycles. The highest BCUT2D eigenvalue weighted by Gasteiger charge is 2.32. The summed E-state index contributed by atoms with van der Waals surface area (Å²) in [7, 11) is -1.92. The van der Waals surface area contributed by atoms with Gasteiger partial charge in [-0.05, 0) is 50.8 Å². The molecule has 0 aromatic heterocycles. The van der Waals surface area contributed by atoms with E-state index in [0.29, 0.717) is 19.5 Å². The number of allylic oxidation sites excluding steroid dienone is 1. The second-order valence-corrected chi connectivity index (χ2v) is 9.22. The second kappa shape index (κ2) is 8.75. The van der Waals surface area contributed by atoms with Crippen LogP contribution in [-0.4, -0.2) is 45.2 Å². The number of nitrogens with zero attached hydrogens (tertiary/aromatic N) is 1. The fourth-order valence-corrected chi connectivity index (χ4v) is 3.37. The number of rotatable bonds is 7. The van der Waals surface area contributed by atoms with Gasteiger partial charge in [0.05, 0.1) is 7.11 Å². The van der Waals surface area contributed by atoms with E-state index in [1.54, 1.807) is 30.2 Å². The summed E-state index contributed by atoms with van der Waals surface area (Å²) in [5, 5.41) is 1.19. The van der Waals surface area contributed by atoms with Gasteiger partial charge in [-0.3, -0.25) is 0 Å². The molecule has 1 saturated heterocycles. The molecule has 1 N–H and O–H groups in total. The molecule has 0 aliphatic carbocycles. The minimum absolute atomic E-state index is 0.215. The summed E-state index contributed by atoms with van der Waals surface area (Å²) in [6, 6.07) is 7.19. The normalized spacial score (nSPS) is 15.6. The van der Waals surface area contributed by atoms with Crippen LogP contribution in [0.25, 0.3) is 0 Å². The number of carbonyl (C=O) groups is 1. The fraction of sp³-hybridized carbons (Fsp3) is 0.526. The number of benzene rings is 1. The van der Waals surface area contributed by atoms with E-state index in [-0.39, 0.29) is 18.6 Å². The van der Waals surface area contributed by atoms with Crippen molar-refractivity contribution in [3.8, 4) is 5.75 Å².